The van der Waals surface area contributed by atoms with E-state index in [1.807, 2.05) is 4.90 Å². The molecule has 1 fully saturated rings. The van der Waals surface area contributed by atoms with E-state index < -0.39 is 0 Å². The number of piperazine rings is 1. The summed E-state index contributed by atoms with van der Waals surface area (Å²) in [6, 6.07) is 7.00. The molecule has 0 aliphatic carbocycles. The molecule has 1 unspecified atom stereocenters. The minimum Gasteiger partial charge on any atom is -0.338 e. The van der Waals surface area contributed by atoms with E-state index in [0.717, 1.165) is 44.6 Å². The van der Waals surface area contributed by atoms with Crippen LogP contribution in [-0.4, -0.2) is 54.6 Å². The molecule has 0 spiro atoms. The first-order valence-electron chi connectivity index (χ1n) is 8.11. The van der Waals surface area contributed by atoms with Crippen LogP contribution in [0.2, 0.25) is 0 Å². The number of urea groups is 1. The summed E-state index contributed by atoms with van der Waals surface area (Å²) in [5.74, 6) is -0.230. The second kappa shape index (κ2) is 8.13. The maximum absolute atomic E-state index is 12.8. The molecular weight excluding hydrogens is 281 g/mol. The number of carbonyl (C=O) groups excluding carboxylic acids is 1. The van der Waals surface area contributed by atoms with Crippen LogP contribution in [0, 0.1) is 5.82 Å². The summed E-state index contributed by atoms with van der Waals surface area (Å²) < 4.78 is 12.8. The van der Waals surface area contributed by atoms with Crippen molar-refractivity contribution in [1.29, 1.82) is 0 Å². The minimum atomic E-state index is -0.230. The van der Waals surface area contributed by atoms with Crippen molar-refractivity contribution in [2.24, 2.45) is 0 Å². The van der Waals surface area contributed by atoms with Gasteiger partial charge in [-0.1, -0.05) is 19.1 Å². The first-order chi connectivity index (χ1) is 10.6. The largest absolute Gasteiger partial charge is 0.338 e. The van der Waals surface area contributed by atoms with Crippen molar-refractivity contribution >= 4 is 6.03 Å². The van der Waals surface area contributed by atoms with Gasteiger partial charge < -0.3 is 10.2 Å². The second-order valence-electron chi connectivity index (χ2n) is 5.89. The lowest BCUT2D eigenvalue weighted by molar-refractivity contribution is 0.112. The van der Waals surface area contributed by atoms with Crippen LogP contribution in [0.4, 0.5) is 9.18 Å². The summed E-state index contributed by atoms with van der Waals surface area (Å²) in [6.07, 6.45) is 1.86. The van der Waals surface area contributed by atoms with Gasteiger partial charge in [0.2, 0.25) is 0 Å². The lowest BCUT2D eigenvalue weighted by atomic mass is 10.1. The smallest absolute Gasteiger partial charge is 0.317 e. The Balaban J connectivity index is 1.69. The molecule has 2 rings (SSSR count). The third kappa shape index (κ3) is 4.70. The van der Waals surface area contributed by atoms with Crippen molar-refractivity contribution in [3.63, 3.8) is 0 Å². The van der Waals surface area contributed by atoms with E-state index in [0.29, 0.717) is 12.6 Å². The maximum atomic E-state index is 12.8. The number of nitrogens with zero attached hydrogens (tertiary/aromatic N) is 2. The summed E-state index contributed by atoms with van der Waals surface area (Å²) in [5, 5.41) is 2.95. The highest BCUT2D eigenvalue weighted by atomic mass is 19.1. The fourth-order valence-electron chi connectivity index (χ4n) is 2.70. The standard InChI is InChI=1S/C17H26FN3O/c1-3-14(2)20-10-12-21(13-11-20)17(22)19-9-8-15-4-6-16(18)7-5-15/h4-7,14H,3,8-13H2,1-2H3,(H,19,22). The average molecular weight is 307 g/mol. The molecule has 0 saturated carbocycles. The molecule has 1 aliphatic heterocycles. The lowest BCUT2D eigenvalue weighted by Gasteiger charge is -2.37. The van der Waals surface area contributed by atoms with Crippen LogP contribution >= 0.6 is 0 Å². The fraction of sp³-hybridized carbons (Fsp3) is 0.588. The van der Waals surface area contributed by atoms with E-state index >= 15 is 0 Å². The van der Waals surface area contributed by atoms with E-state index in [2.05, 4.69) is 24.1 Å². The van der Waals surface area contributed by atoms with Gasteiger partial charge in [0.05, 0.1) is 0 Å². The van der Waals surface area contributed by atoms with Crippen LogP contribution in [0.15, 0.2) is 24.3 Å². The molecule has 22 heavy (non-hydrogen) atoms. The van der Waals surface area contributed by atoms with E-state index in [4.69, 9.17) is 0 Å². The van der Waals surface area contributed by atoms with Crippen molar-refractivity contribution in [3.8, 4) is 0 Å². The van der Waals surface area contributed by atoms with Crippen LogP contribution in [-0.2, 0) is 6.42 Å². The van der Waals surface area contributed by atoms with Crippen molar-refractivity contribution in [2.45, 2.75) is 32.7 Å². The summed E-state index contributed by atoms with van der Waals surface area (Å²) in [7, 11) is 0. The third-order valence-corrected chi connectivity index (χ3v) is 4.42. The van der Waals surface area contributed by atoms with Gasteiger partial charge in [-0.15, -0.1) is 0 Å². The number of hydrogen-bond acceptors (Lipinski definition) is 2. The molecule has 1 aromatic rings. The van der Waals surface area contributed by atoms with Crippen LogP contribution in [0.1, 0.15) is 25.8 Å². The molecule has 1 aromatic carbocycles. The molecule has 122 valence electrons. The molecule has 1 heterocycles. The molecule has 1 saturated heterocycles. The Kier molecular flexibility index (Phi) is 6.19. The van der Waals surface area contributed by atoms with E-state index in [1.165, 1.54) is 12.1 Å². The number of halogens is 1. The highest BCUT2D eigenvalue weighted by Crippen LogP contribution is 2.09. The number of benzene rings is 1. The molecule has 5 heteroatoms. The Hall–Kier alpha value is -1.62. The Morgan fingerprint density at radius 1 is 1.23 bits per heavy atom. The summed E-state index contributed by atoms with van der Waals surface area (Å²) in [5.41, 5.74) is 1.03. The minimum absolute atomic E-state index is 0.00548. The van der Waals surface area contributed by atoms with Gasteiger partial charge in [-0.25, -0.2) is 9.18 Å². The van der Waals surface area contributed by atoms with Crippen LogP contribution in [0.5, 0.6) is 0 Å². The molecular formula is C17H26FN3O. The molecule has 4 nitrogen and oxygen atoms in total. The Labute approximate surface area is 132 Å². The van der Waals surface area contributed by atoms with Gasteiger partial charge in [0.1, 0.15) is 5.82 Å². The van der Waals surface area contributed by atoms with Gasteiger partial charge in [0.15, 0.2) is 0 Å². The van der Waals surface area contributed by atoms with Crippen molar-refractivity contribution in [2.75, 3.05) is 32.7 Å². The molecule has 0 bridgehead atoms. The van der Waals surface area contributed by atoms with Gasteiger partial charge in [0.25, 0.3) is 0 Å². The van der Waals surface area contributed by atoms with E-state index in [1.54, 1.807) is 12.1 Å². The number of amides is 2. The lowest BCUT2D eigenvalue weighted by Crippen LogP contribution is -2.53. The molecule has 2 amide bonds. The Bertz CT molecular complexity index is 469. The van der Waals surface area contributed by atoms with Crippen LogP contribution in [0.25, 0.3) is 0 Å². The van der Waals surface area contributed by atoms with Gasteiger partial charge >= 0.3 is 6.03 Å². The molecule has 1 atom stereocenters. The molecule has 0 aromatic heterocycles. The Morgan fingerprint density at radius 2 is 1.86 bits per heavy atom. The van der Waals surface area contributed by atoms with E-state index in [-0.39, 0.29) is 11.8 Å². The van der Waals surface area contributed by atoms with Gasteiger partial charge in [-0.3, -0.25) is 4.90 Å². The number of rotatable bonds is 5. The van der Waals surface area contributed by atoms with Crippen LogP contribution in [0.3, 0.4) is 0 Å². The molecule has 1 aliphatic rings. The summed E-state index contributed by atoms with van der Waals surface area (Å²) in [6.45, 7) is 8.47. The predicted molar refractivity (Wildman–Crippen MR) is 86.4 cm³/mol. The number of carbonyl (C=O) groups is 1. The first kappa shape index (κ1) is 16.7. The monoisotopic (exact) mass is 307 g/mol. The molecule has 0 radical (unpaired) electrons. The zero-order valence-corrected chi connectivity index (χ0v) is 13.5. The van der Waals surface area contributed by atoms with Gasteiger partial charge in [-0.2, -0.15) is 0 Å². The Morgan fingerprint density at radius 3 is 2.45 bits per heavy atom. The first-order valence-corrected chi connectivity index (χ1v) is 8.11. The number of hydrogen-bond donors (Lipinski definition) is 1. The summed E-state index contributed by atoms with van der Waals surface area (Å²) >= 11 is 0. The van der Waals surface area contributed by atoms with Crippen molar-refractivity contribution in [1.82, 2.24) is 15.1 Å². The number of nitrogens with one attached hydrogen (secondary N) is 1. The maximum Gasteiger partial charge on any atom is 0.317 e. The quantitative estimate of drug-likeness (QED) is 0.907. The van der Waals surface area contributed by atoms with Gasteiger partial charge in [0, 0.05) is 38.8 Å². The zero-order valence-electron chi connectivity index (χ0n) is 13.5. The zero-order chi connectivity index (χ0) is 15.9. The second-order valence-corrected chi connectivity index (χ2v) is 5.89. The SMILES string of the molecule is CCC(C)N1CCN(C(=O)NCCc2ccc(F)cc2)CC1. The summed E-state index contributed by atoms with van der Waals surface area (Å²) in [4.78, 5) is 16.4. The van der Waals surface area contributed by atoms with Crippen molar-refractivity contribution in [3.05, 3.63) is 35.6 Å². The van der Waals surface area contributed by atoms with Crippen molar-refractivity contribution < 1.29 is 9.18 Å². The predicted octanol–water partition coefficient (Wildman–Crippen LogP) is 2.49. The molecule has 1 N–H and O–H groups in total. The fourth-order valence-corrected chi connectivity index (χ4v) is 2.70. The van der Waals surface area contributed by atoms with E-state index in [9.17, 15) is 9.18 Å². The highest BCUT2D eigenvalue weighted by molar-refractivity contribution is 5.74. The van der Waals surface area contributed by atoms with Crippen LogP contribution < -0.4 is 5.32 Å². The highest BCUT2D eigenvalue weighted by Gasteiger charge is 2.22. The average Bonchev–Trinajstić information content (AvgIpc) is 2.56. The topological polar surface area (TPSA) is 35.6 Å². The third-order valence-electron chi connectivity index (χ3n) is 4.42. The normalized spacial score (nSPS) is 17.3. The van der Waals surface area contributed by atoms with Gasteiger partial charge in [-0.05, 0) is 37.5 Å².